The first-order valence-electron chi connectivity index (χ1n) is 17.6. The number of piperazine rings is 3. The first-order valence-corrected chi connectivity index (χ1v) is 17.6. The number of rotatable bonds is 6. The standard InChI is InChI=1S/C40H44N6/c1-3-13-35-31(9-1)33-11-5-7-15-37(33)43-19-17-41(39(35)43)21-23-45-25-28-46(29-26-45,30-27-45)24-22-42-18-20-44-38-16-8-6-12-34(38)32-10-2-4-14-36(32)40(42)44/h1-16H,17-30H2/q+4. The van der Waals surface area contributed by atoms with Gasteiger partial charge < -0.3 is 8.97 Å². The number of nitrogens with zero attached hydrogens (tertiary/aromatic N) is 6. The lowest BCUT2D eigenvalue weighted by Gasteiger charge is -2.55. The summed E-state index contributed by atoms with van der Waals surface area (Å²) in [4.78, 5) is 5.42. The third-order valence-electron chi connectivity index (χ3n) is 12.4. The van der Waals surface area contributed by atoms with E-state index in [1.807, 2.05) is 0 Å². The zero-order chi connectivity index (χ0) is 30.3. The highest BCUT2D eigenvalue weighted by Crippen LogP contribution is 2.35. The molecule has 3 saturated heterocycles. The number of fused-ring (bicyclic) bond motifs is 15. The van der Waals surface area contributed by atoms with Gasteiger partial charge in [0.1, 0.15) is 103 Å². The summed E-state index contributed by atoms with van der Waals surface area (Å²) in [5.74, 6) is 2.88. The van der Waals surface area contributed by atoms with Crippen LogP contribution in [0.2, 0.25) is 0 Å². The minimum absolute atomic E-state index is 1.09. The van der Waals surface area contributed by atoms with Gasteiger partial charge in [-0.25, -0.2) is 9.13 Å². The smallest absolute Gasteiger partial charge is 0.285 e. The van der Waals surface area contributed by atoms with Crippen molar-refractivity contribution in [2.75, 3.05) is 88.3 Å². The van der Waals surface area contributed by atoms with Gasteiger partial charge in [-0.2, -0.15) is 0 Å². The first kappa shape index (κ1) is 26.9. The van der Waals surface area contributed by atoms with Crippen LogP contribution in [0.25, 0.3) is 43.4 Å². The molecule has 0 N–H and O–H groups in total. The second-order valence-electron chi connectivity index (χ2n) is 14.5. The number of hydrogen-bond acceptors (Lipinski definition) is 2. The predicted molar refractivity (Wildman–Crippen MR) is 187 cm³/mol. The molecule has 5 aliphatic heterocycles. The van der Waals surface area contributed by atoms with E-state index in [1.165, 1.54) is 116 Å². The Kier molecular flexibility index (Phi) is 5.92. The molecule has 3 fully saturated rings. The second kappa shape index (κ2) is 10.1. The van der Waals surface area contributed by atoms with Crippen molar-refractivity contribution in [2.24, 2.45) is 0 Å². The van der Waals surface area contributed by atoms with Crippen molar-refractivity contribution in [1.82, 2.24) is 0 Å². The Balaban J connectivity index is 0.853. The fraction of sp³-hybridized carbons (Fsp3) is 0.350. The van der Waals surface area contributed by atoms with Gasteiger partial charge in [-0.1, -0.05) is 72.8 Å². The summed E-state index contributed by atoms with van der Waals surface area (Å²) in [7, 11) is 0. The molecule has 0 spiro atoms. The molecule has 0 saturated carbocycles. The van der Waals surface area contributed by atoms with Gasteiger partial charge in [0.2, 0.25) is 0 Å². The lowest BCUT2D eigenvalue weighted by Crippen LogP contribution is -2.76. The van der Waals surface area contributed by atoms with E-state index in [0.717, 1.165) is 39.3 Å². The fourth-order valence-electron chi connectivity index (χ4n) is 9.72. The molecular formula is C40H44N6+4. The summed E-state index contributed by atoms with van der Waals surface area (Å²) in [6.45, 7) is 17.3. The minimum Gasteiger partial charge on any atom is -0.306 e. The van der Waals surface area contributed by atoms with Crippen LogP contribution >= 0.6 is 0 Å². The van der Waals surface area contributed by atoms with Crippen LogP contribution in [0.3, 0.4) is 0 Å². The Morgan fingerprint density at radius 1 is 0.435 bits per heavy atom. The molecule has 6 aromatic rings. The topological polar surface area (TPSA) is 14.2 Å². The van der Waals surface area contributed by atoms with Crippen molar-refractivity contribution in [3.63, 3.8) is 0 Å². The molecule has 6 nitrogen and oxygen atoms in total. The quantitative estimate of drug-likeness (QED) is 0.152. The lowest BCUT2D eigenvalue weighted by atomic mass is 10.0. The van der Waals surface area contributed by atoms with Crippen LogP contribution in [0.5, 0.6) is 0 Å². The summed E-state index contributed by atoms with van der Waals surface area (Å²) in [6, 6.07) is 36.1. The normalized spacial score (nSPS) is 23.7. The maximum atomic E-state index is 2.71. The first-order chi connectivity index (χ1) is 22.7. The number of para-hydroxylation sites is 2. The molecule has 0 atom stereocenters. The molecular weight excluding hydrogens is 564 g/mol. The van der Waals surface area contributed by atoms with E-state index in [4.69, 9.17) is 0 Å². The molecule has 4 aromatic carbocycles. The monoisotopic (exact) mass is 608 g/mol. The van der Waals surface area contributed by atoms with Crippen molar-refractivity contribution in [1.29, 1.82) is 0 Å². The molecule has 6 heteroatoms. The Bertz CT molecular complexity index is 1990. The Hall–Kier alpha value is -4.26. The largest absolute Gasteiger partial charge is 0.306 e. The fourth-order valence-corrected chi connectivity index (χ4v) is 9.72. The maximum Gasteiger partial charge on any atom is 0.285 e. The van der Waals surface area contributed by atoms with Gasteiger partial charge in [-0.3, -0.25) is 9.80 Å². The van der Waals surface area contributed by atoms with Crippen LogP contribution in [-0.4, -0.2) is 87.5 Å². The third kappa shape index (κ3) is 3.96. The molecule has 230 valence electrons. The number of pyridine rings is 2. The number of aromatic nitrogens is 2. The van der Waals surface area contributed by atoms with Crippen LogP contribution in [0, 0.1) is 0 Å². The van der Waals surface area contributed by atoms with E-state index >= 15 is 0 Å². The summed E-state index contributed by atoms with van der Waals surface area (Å²) < 4.78 is 7.82. The van der Waals surface area contributed by atoms with Crippen LogP contribution in [-0.2, 0) is 13.1 Å². The van der Waals surface area contributed by atoms with Gasteiger partial charge >= 0.3 is 0 Å². The molecule has 5 aliphatic rings. The average molecular weight is 609 g/mol. The summed E-state index contributed by atoms with van der Waals surface area (Å²) in [5, 5.41) is 8.36. The Morgan fingerprint density at radius 3 is 1.20 bits per heavy atom. The van der Waals surface area contributed by atoms with E-state index in [2.05, 4.69) is 116 Å². The van der Waals surface area contributed by atoms with Gasteiger partial charge in [-0.15, -0.1) is 0 Å². The molecule has 0 amide bonds. The molecule has 2 aromatic heterocycles. The zero-order valence-electron chi connectivity index (χ0n) is 26.8. The molecule has 11 rings (SSSR count). The zero-order valence-corrected chi connectivity index (χ0v) is 26.8. The SMILES string of the molecule is c1ccc2c(c1)c1[n+](c3ccccc23)CCN1CC[N+]12CC[N+](CCN3CC[n+]4c3c3ccccc3c3ccccc34)(CC1)CC2. The molecule has 7 heterocycles. The summed E-state index contributed by atoms with van der Waals surface area (Å²) in [6.07, 6.45) is 0. The van der Waals surface area contributed by atoms with Gasteiger partial charge in [0.05, 0.1) is 10.8 Å². The van der Waals surface area contributed by atoms with Gasteiger partial charge in [-0.05, 0) is 24.3 Å². The van der Waals surface area contributed by atoms with Crippen LogP contribution in [0.15, 0.2) is 97.1 Å². The van der Waals surface area contributed by atoms with Crippen LogP contribution < -0.4 is 18.9 Å². The predicted octanol–water partition coefficient (Wildman–Crippen LogP) is 4.88. The number of anilines is 2. The highest BCUT2D eigenvalue weighted by Gasteiger charge is 2.50. The Morgan fingerprint density at radius 2 is 0.783 bits per heavy atom. The van der Waals surface area contributed by atoms with E-state index in [1.54, 1.807) is 0 Å². The minimum atomic E-state index is 1.09. The highest BCUT2D eigenvalue weighted by atomic mass is 15.5. The number of hydrogen-bond donors (Lipinski definition) is 0. The van der Waals surface area contributed by atoms with Crippen molar-refractivity contribution in [3.8, 4) is 0 Å². The molecule has 0 unspecified atom stereocenters. The molecule has 2 bridgehead atoms. The van der Waals surface area contributed by atoms with Gasteiger partial charge in [0.15, 0.2) is 0 Å². The van der Waals surface area contributed by atoms with Crippen LogP contribution in [0.4, 0.5) is 11.6 Å². The van der Waals surface area contributed by atoms with Crippen molar-refractivity contribution < 1.29 is 18.1 Å². The lowest BCUT2D eigenvalue weighted by molar-refractivity contribution is -1.08. The molecule has 46 heavy (non-hydrogen) atoms. The Labute approximate surface area is 271 Å². The second-order valence-corrected chi connectivity index (χ2v) is 14.5. The number of quaternary nitrogens is 2. The van der Waals surface area contributed by atoms with Crippen molar-refractivity contribution in [2.45, 2.75) is 13.1 Å². The van der Waals surface area contributed by atoms with E-state index in [9.17, 15) is 0 Å². The number of benzene rings is 4. The average Bonchev–Trinajstić information content (AvgIpc) is 3.77. The van der Waals surface area contributed by atoms with E-state index in [0.29, 0.717) is 0 Å². The van der Waals surface area contributed by atoms with E-state index < -0.39 is 0 Å². The summed E-state index contributed by atoms with van der Waals surface area (Å²) in [5.41, 5.74) is 2.76. The highest BCUT2D eigenvalue weighted by molar-refractivity contribution is 6.09. The third-order valence-corrected chi connectivity index (χ3v) is 12.4. The van der Waals surface area contributed by atoms with Crippen LogP contribution in [0.1, 0.15) is 0 Å². The molecule has 0 aliphatic carbocycles. The van der Waals surface area contributed by atoms with Gasteiger partial charge in [0.25, 0.3) is 11.6 Å². The van der Waals surface area contributed by atoms with Gasteiger partial charge in [0, 0.05) is 21.5 Å². The van der Waals surface area contributed by atoms with Crippen molar-refractivity contribution in [3.05, 3.63) is 97.1 Å². The maximum absolute atomic E-state index is 2.71. The van der Waals surface area contributed by atoms with E-state index in [-0.39, 0.29) is 0 Å². The summed E-state index contributed by atoms with van der Waals surface area (Å²) >= 11 is 0. The van der Waals surface area contributed by atoms with Crippen molar-refractivity contribution >= 4 is 55.0 Å². The molecule has 0 radical (unpaired) electrons.